The van der Waals surface area contributed by atoms with Gasteiger partial charge in [-0.15, -0.1) is 0 Å². The first-order valence-corrected chi connectivity index (χ1v) is 20.0. The van der Waals surface area contributed by atoms with Crippen LogP contribution < -0.4 is 0 Å². The minimum Gasteiger partial charge on any atom is -0.309 e. The minimum absolute atomic E-state index is 0.286. The molecule has 0 aliphatic heterocycles. The van der Waals surface area contributed by atoms with E-state index < -0.39 is 0 Å². The highest BCUT2D eigenvalue weighted by atomic mass is 15.0. The van der Waals surface area contributed by atoms with Crippen molar-refractivity contribution in [3.8, 4) is 57.0 Å². The molecule has 0 amide bonds. The summed E-state index contributed by atoms with van der Waals surface area (Å²) in [5.41, 5.74) is 10.6. The number of rotatable bonds is 6. The molecule has 6 aromatic carbocycles. The first kappa shape index (κ1) is 34.1. The SMILES string of the molecule is C[C@@H]1C[C@@H]2C[C@H](C)CC(c3ccc(-n4c5ccccc5c5ccc(-c6nc(-c7cccc(C#N)c7)nc(-c7cccc(-c8ccccc8)c7)n6)cc54)cc3)(C1)C2. The Labute approximate surface area is 328 Å². The number of benzene rings is 6. The lowest BCUT2D eigenvalue weighted by Gasteiger charge is -2.50. The van der Waals surface area contributed by atoms with Crippen molar-refractivity contribution in [1.82, 2.24) is 19.5 Å². The van der Waals surface area contributed by atoms with Crippen LogP contribution in [0.1, 0.15) is 57.1 Å². The summed E-state index contributed by atoms with van der Waals surface area (Å²) in [6, 6.07) is 53.2. The van der Waals surface area contributed by atoms with Gasteiger partial charge in [-0.3, -0.25) is 0 Å². The third-order valence-electron chi connectivity index (χ3n) is 12.4. The number of hydrogen-bond donors (Lipinski definition) is 0. The highest BCUT2D eigenvalue weighted by Crippen LogP contribution is 2.54. The van der Waals surface area contributed by atoms with E-state index in [-0.39, 0.29) is 5.41 Å². The molecule has 2 aromatic heterocycles. The van der Waals surface area contributed by atoms with Gasteiger partial charge in [-0.2, -0.15) is 5.26 Å². The van der Waals surface area contributed by atoms with Gasteiger partial charge in [0, 0.05) is 33.2 Å². The van der Waals surface area contributed by atoms with Crippen molar-refractivity contribution in [2.45, 2.75) is 51.4 Å². The number of nitriles is 1. The zero-order valence-electron chi connectivity index (χ0n) is 31.9. The van der Waals surface area contributed by atoms with Gasteiger partial charge in [-0.25, -0.2) is 15.0 Å². The smallest absolute Gasteiger partial charge is 0.164 e. The molecule has 4 atom stereocenters. The molecule has 56 heavy (non-hydrogen) atoms. The Morgan fingerprint density at radius 1 is 0.536 bits per heavy atom. The van der Waals surface area contributed by atoms with Gasteiger partial charge in [0.25, 0.3) is 0 Å². The predicted octanol–water partition coefficient (Wildman–Crippen LogP) is 12.6. The molecule has 8 aromatic rings. The number of hydrogen-bond acceptors (Lipinski definition) is 4. The Morgan fingerprint density at radius 3 is 1.84 bits per heavy atom. The maximum absolute atomic E-state index is 9.73. The molecule has 272 valence electrons. The third kappa shape index (κ3) is 6.07. The quantitative estimate of drug-likeness (QED) is 0.171. The Morgan fingerprint density at radius 2 is 1.12 bits per heavy atom. The van der Waals surface area contributed by atoms with Crippen molar-refractivity contribution in [1.29, 1.82) is 5.26 Å². The summed E-state index contributed by atoms with van der Waals surface area (Å²) in [5.74, 6) is 4.08. The van der Waals surface area contributed by atoms with Crippen LogP contribution in [-0.2, 0) is 5.41 Å². The van der Waals surface area contributed by atoms with Crippen LogP contribution in [-0.4, -0.2) is 19.5 Å². The zero-order valence-corrected chi connectivity index (χ0v) is 31.9. The van der Waals surface area contributed by atoms with Crippen LogP contribution in [0, 0.1) is 29.1 Å². The Kier molecular flexibility index (Phi) is 8.37. The maximum Gasteiger partial charge on any atom is 0.164 e. The van der Waals surface area contributed by atoms with Gasteiger partial charge < -0.3 is 4.57 Å². The summed E-state index contributed by atoms with van der Waals surface area (Å²) in [7, 11) is 0. The normalized spacial score (nSPS) is 20.6. The second kappa shape index (κ2) is 13.7. The fraction of sp³-hybridized carbons (Fsp3) is 0.216. The summed E-state index contributed by atoms with van der Waals surface area (Å²) in [6.07, 6.45) is 6.67. The monoisotopic (exact) mass is 725 g/mol. The van der Waals surface area contributed by atoms with Gasteiger partial charge in [-0.1, -0.05) is 117 Å². The van der Waals surface area contributed by atoms with E-state index in [4.69, 9.17) is 15.0 Å². The van der Waals surface area contributed by atoms with Crippen molar-refractivity contribution in [2.24, 2.45) is 17.8 Å². The molecule has 2 heterocycles. The molecule has 0 radical (unpaired) electrons. The standard InChI is InChI=1S/C51H43N5/c1-33-24-36-25-34(2)30-51(29-33,31-36)42-19-21-43(22-20-42)56-46-17-7-6-16-44(46)45-23-18-41(28-47(45)56)50-54-48(39-14-8-10-35(26-39)32-52)53-49(55-50)40-15-9-13-38(27-40)37-11-4-3-5-12-37/h3-23,26-28,33-34,36H,24-25,29-31H2,1-2H3/t33-,34+,36-,51?. The summed E-state index contributed by atoms with van der Waals surface area (Å²) >= 11 is 0. The average molecular weight is 726 g/mol. The molecule has 10 rings (SSSR count). The first-order valence-electron chi connectivity index (χ1n) is 20.0. The van der Waals surface area contributed by atoms with E-state index in [2.05, 4.69) is 134 Å². The van der Waals surface area contributed by atoms with Crippen LogP contribution >= 0.6 is 0 Å². The Balaban J connectivity index is 1.11. The summed E-state index contributed by atoms with van der Waals surface area (Å²) in [5, 5.41) is 12.1. The van der Waals surface area contributed by atoms with E-state index in [1.165, 1.54) is 54.0 Å². The van der Waals surface area contributed by atoms with Gasteiger partial charge in [-0.05, 0) is 114 Å². The number of aromatic nitrogens is 4. The van der Waals surface area contributed by atoms with Gasteiger partial charge in [0.1, 0.15) is 0 Å². The third-order valence-corrected chi connectivity index (χ3v) is 12.4. The lowest BCUT2D eigenvalue weighted by atomic mass is 9.54. The summed E-state index contributed by atoms with van der Waals surface area (Å²) < 4.78 is 2.40. The van der Waals surface area contributed by atoms with Gasteiger partial charge in [0.15, 0.2) is 17.5 Å². The molecule has 5 heteroatoms. The maximum atomic E-state index is 9.73. The molecule has 0 spiro atoms. The van der Waals surface area contributed by atoms with Gasteiger partial charge >= 0.3 is 0 Å². The van der Waals surface area contributed by atoms with Crippen LogP contribution in [0.25, 0.3) is 72.8 Å². The van der Waals surface area contributed by atoms with E-state index >= 15 is 0 Å². The number of fused-ring (bicyclic) bond motifs is 5. The van der Waals surface area contributed by atoms with Crippen molar-refractivity contribution >= 4 is 21.8 Å². The van der Waals surface area contributed by atoms with E-state index in [1.807, 2.05) is 30.3 Å². The number of nitrogens with zero attached hydrogens (tertiary/aromatic N) is 5. The van der Waals surface area contributed by atoms with E-state index in [9.17, 15) is 5.26 Å². The summed E-state index contributed by atoms with van der Waals surface area (Å²) in [6.45, 7) is 4.93. The molecule has 2 saturated carbocycles. The molecule has 0 saturated heterocycles. The second-order valence-corrected chi connectivity index (χ2v) is 16.5. The van der Waals surface area contributed by atoms with E-state index in [0.717, 1.165) is 56.8 Å². The minimum atomic E-state index is 0.286. The van der Waals surface area contributed by atoms with Crippen LogP contribution in [0.15, 0.2) is 146 Å². The Bertz CT molecular complexity index is 2770. The molecular formula is C51H43N5. The van der Waals surface area contributed by atoms with Crippen LogP contribution in [0.2, 0.25) is 0 Å². The molecule has 0 N–H and O–H groups in total. The molecule has 2 fully saturated rings. The average Bonchev–Trinajstić information content (AvgIpc) is 3.57. The van der Waals surface area contributed by atoms with Crippen molar-refractivity contribution in [3.05, 3.63) is 157 Å². The largest absolute Gasteiger partial charge is 0.309 e. The Hall–Kier alpha value is -6.38. The highest BCUT2D eigenvalue weighted by Gasteiger charge is 2.45. The first-order chi connectivity index (χ1) is 27.4. The zero-order chi connectivity index (χ0) is 37.8. The molecule has 2 aliphatic carbocycles. The predicted molar refractivity (Wildman–Crippen MR) is 227 cm³/mol. The van der Waals surface area contributed by atoms with E-state index in [0.29, 0.717) is 23.0 Å². The van der Waals surface area contributed by atoms with Crippen LogP contribution in [0.4, 0.5) is 0 Å². The van der Waals surface area contributed by atoms with Gasteiger partial charge in [0.2, 0.25) is 0 Å². The summed E-state index contributed by atoms with van der Waals surface area (Å²) in [4.78, 5) is 15.2. The fourth-order valence-electron chi connectivity index (χ4n) is 10.4. The molecule has 2 bridgehead atoms. The topological polar surface area (TPSA) is 67.4 Å². The van der Waals surface area contributed by atoms with Crippen molar-refractivity contribution in [3.63, 3.8) is 0 Å². The van der Waals surface area contributed by atoms with Gasteiger partial charge in [0.05, 0.1) is 22.7 Å². The van der Waals surface area contributed by atoms with Crippen molar-refractivity contribution in [2.75, 3.05) is 0 Å². The van der Waals surface area contributed by atoms with E-state index in [1.54, 1.807) is 6.07 Å². The molecule has 1 unspecified atom stereocenters. The molecule has 5 nitrogen and oxygen atoms in total. The lowest BCUT2D eigenvalue weighted by Crippen LogP contribution is -2.42. The molecule has 2 aliphatic rings. The fourth-order valence-corrected chi connectivity index (χ4v) is 10.4. The van der Waals surface area contributed by atoms with Crippen LogP contribution in [0.3, 0.4) is 0 Å². The lowest BCUT2D eigenvalue weighted by molar-refractivity contribution is 0.0780. The van der Waals surface area contributed by atoms with Crippen LogP contribution in [0.5, 0.6) is 0 Å². The second-order valence-electron chi connectivity index (χ2n) is 16.5. The molecular weight excluding hydrogens is 683 g/mol. The number of para-hydroxylation sites is 1. The van der Waals surface area contributed by atoms with Crippen molar-refractivity contribution < 1.29 is 0 Å². The highest BCUT2D eigenvalue weighted by molar-refractivity contribution is 6.10.